The number of hydrogen-bond donors (Lipinski definition) is 1. The first-order valence-electron chi connectivity index (χ1n) is 15.4. The highest BCUT2D eigenvalue weighted by atomic mass is 19.1. The van der Waals surface area contributed by atoms with Gasteiger partial charge in [0.05, 0.1) is 18.4 Å². The molecule has 232 valence electrons. The molecule has 5 rings (SSSR count). The highest BCUT2D eigenvalue weighted by Gasteiger charge is 2.21. The number of benzene rings is 3. The van der Waals surface area contributed by atoms with E-state index in [0.717, 1.165) is 31.6 Å². The predicted octanol–water partition coefficient (Wildman–Crippen LogP) is 6.51. The summed E-state index contributed by atoms with van der Waals surface area (Å²) >= 11 is 0. The minimum absolute atomic E-state index is 0.0293. The third-order valence-corrected chi connectivity index (χ3v) is 8.32. The number of hydrogen-bond acceptors (Lipinski definition) is 6. The fourth-order valence-corrected chi connectivity index (χ4v) is 5.45. The first kappa shape index (κ1) is 31.5. The van der Waals surface area contributed by atoms with Crippen molar-refractivity contribution in [3.05, 3.63) is 111 Å². The largest absolute Gasteiger partial charge is 0.372 e. The molecular weight excluding hydrogens is 571 g/mol. The van der Waals surface area contributed by atoms with E-state index in [-0.39, 0.29) is 35.8 Å². The summed E-state index contributed by atoms with van der Waals surface area (Å²) in [5.41, 5.74) is 3.43. The van der Waals surface area contributed by atoms with Crippen molar-refractivity contribution < 1.29 is 18.8 Å². The zero-order chi connectivity index (χ0) is 32.1. The van der Waals surface area contributed by atoms with E-state index < -0.39 is 11.4 Å². The van der Waals surface area contributed by atoms with Gasteiger partial charge in [-0.2, -0.15) is 0 Å². The van der Waals surface area contributed by atoms with Crippen LogP contribution in [0.5, 0.6) is 0 Å². The van der Waals surface area contributed by atoms with Crippen LogP contribution in [-0.2, 0) is 11.3 Å². The summed E-state index contributed by atoms with van der Waals surface area (Å²) in [5.74, 6) is -1.43. The van der Waals surface area contributed by atoms with Gasteiger partial charge >= 0.3 is 0 Å². The van der Waals surface area contributed by atoms with Gasteiger partial charge in [0.15, 0.2) is 17.4 Å². The van der Waals surface area contributed by atoms with Crippen molar-refractivity contribution in [2.24, 2.45) is 5.92 Å². The van der Waals surface area contributed by atoms with Crippen LogP contribution in [0, 0.1) is 11.7 Å². The summed E-state index contributed by atoms with van der Waals surface area (Å²) < 4.78 is 15.1. The van der Waals surface area contributed by atoms with Crippen molar-refractivity contribution in [1.82, 2.24) is 9.55 Å². The van der Waals surface area contributed by atoms with Crippen LogP contribution in [0.1, 0.15) is 78.3 Å². The molecule has 0 saturated carbocycles. The topological polar surface area (TPSA) is 101 Å². The van der Waals surface area contributed by atoms with Gasteiger partial charge in [0.1, 0.15) is 5.82 Å². The van der Waals surface area contributed by atoms with Crippen molar-refractivity contribution in [3.63, 3.8) is 0 Å². The minimum atomic E-state index is -0.505. The first-order valence-corrected chi connectivity index (χ1v) is 15.4. The number of rotatable bonds is 11. The van der Waals surface area contributed by atoms with E-state index in [1.54, 1.807) is 44.2 Å². The maximum atomic E-state index is 14.0. The number of nitrogens with one attached hydrogen (secondary N) is 1. The van der Waals surface area contributed by atoms with Crippen molar-refractivity contribution in [1.29, 1.82) is 0 Å². The third-order valence-electron chi connectivity index (χ3n) is 8.32. The molecule has 3 aromatic carbocycles. The Morgan fingerprint density at radius 2 is 1.67 bits per heavy atom. The van der Waals surface area contributed by atoms with Gasteiger partial charge in [-0.3, -0.25) is 23.7 Å². The Kier molecular flexibility index (Phi) is 9.66. The van der Waals surface area contributed by atoms with E-state index in [0.29, 0.717) is 46.4 Å². The number of amides is 1. The van der Waals surface area contributed by atoms with Gasteiger partial charge in [-0.25, -0.2) is 9.37 Å². The van der Waals surface area contributed by atoms with Crippen molar-refractivity contribution in [2.45, 2.75) is 53.0 Å². The molecule has 1 amide bonds. The molecule has 0 spiro atoms. The lowest BCUT2D eigenvalue weighted by molar-refractivity contribution is -0.119. The van der Waals surface area contributed by atoms with Gasteiger partial charge in [0.2, 0.25) is 5.91 Å². The molecule has 0 radical (unpaired) electrons. The van der Waals surface area contributed by atoms with Crippen molar-refractivity contribution >= 4 is 29.0 Å². The van der Waals surface area contributed by atoms with Crippen molar-refractivity contribution in [3.8, 4) is 11.3 Å². The molecule has 4 aromatic rings. The van der Waals surface area contributed by atoms with Crippen LogP contribution in [0.4, 0.5) is 15.9 Å². The zero-order valence-corrected chi connectivity index (χ0v) is 25.8. The number of Topliss-reactive ketones (excluding diaryl/α,β-unsaturated/α-hetero) is 1. The Morgan fingerprint density at radius 1 is 0.933 bits per heavy atom. The molecule has 1 atom stereocenters. The van der Waals surface area contributed by atoms with E-state index in [1.165, 1.54) is 35.0 Å². The second-order valence-corrected chi connectivity index (χ2v) is 11.5. The summed E-state index contributed by atoms with van der Waals surface area (Å²) in [4.78, 5) is 59.4. The Hall–Kier alpha value is -4.92. The summed E-state index contributed by atoms with van der Waals surface area (Å²) in [6.45, 7) is 7.22. The van der Waals surface area contributed by atoms with Crippen LogP contribution in [-0.4, -0.2) is 40.1 Å². The van der Waals surface area contributed by atoms with Gasteiger partial charge in [-0.15, -0.1) is 0 Å². The smallest absolute Gasteiger partial charge is 0.294 e. The van der Waals surface area contributed by atoms with Crippen LogP contribution < -0.4 is 15.8 Å². The molecular formula is C36H37FN4O4. The number of ketones is 2. The third kappa shape index (κ3) is 7.09. The molecule has 0 unspecified atom stereocenters. The molecule has 45 heavy (non-hydrogen) atoms. The average Bonchev–Trinajstić information content (AvgIpc) is 3.61. The molecule has 1 aliphatic heterocycles. The number of aromatic nitrogens is 2. The summed E-state index contributed by atoms with van der Waals surface area (Å²) in [6, 6.07) is 18.0. The van der Waals surface area contributed by atoms with Crippen LogP contribution >= 0.6 is 0 Å². The first-order chi connectivity index (χ1) is 21.7. The van der Waals surface area contributed by atoms with E-state index in [1.807, 2.05) is 19.1 Å². The second kappa shape index (κ2) is 13.8. The number of anilines is 2. The maximum absolute atomic E-state index is 14.0. The highest BCUT2D eigenvalue weighted by Crippen LogP contribution is 2.27. The quantitative estimate of drug-likeness (QED) is 0.195. The van der Waals surface area contributed by atoms with E-state index in [2.05, 4.69) is 15.2 Å². The maximum Gasteiger partial charge on any atom is 0.294 e. The molecule has 2 heterocycles. The van der Waals surface area contributed by atoms with Gasteiger partial charge in [-0.05, 0) is 73.4 Å². The fraction of sp³-hybridized carbons (Fsp3) is 0.306. The Morgan fingerprint density at radius 3 is 2.36 bits per heavy atom. The van der Waals surface area contributed by atoms with E-state index in [4.69, 9.17) is 0 Å². The van der Waals surface area contributed by atoms with Crippen LogP contribution in [0.25, 0.3) is 11.3 Å². The van der Waals surface area contributed by atoms with Crippen LogP contribution in [0.2, 0.25) is 0 Å². The molecule has 0 aliphatic carbocycles. The van der Waals surface area contributed by atoms with Gasteiger partial charge in [0.25, 0.3) is 5.56 Å². The highest BCUT2D eigenvalue weighted by molar-refractivity contribution is 6.09. The van der Waals surface area contributed by atoms with E-state index >= 15 is 0 Å². The van der Waals surface area contributed by atoms with Gasteiger partial charge < -0.3 is 10.2 Å². The summed E-state index contributed by atoms with van der Waals surface area (Å²) in [5, 5.41) is 2.69. The SMILES string of the molecule is CCC(=O)c1cccc(-c2cnc(NC(=O)[C@H](C)CC)c(=O)n2Cc2cc(C(=O)c3ccc(F)cc3)cc(N3CCCC3)c2)c1. The normalized spacial score (nSPS) is 13.5. The molecule has 1 fully saturated rings. The second-order valence-electron chi connectivity index (χ2n) is 11.5. The molecule has 1 N–H and O–H groups in total. The number of carbonyl (C=O) groups is 3. The number of nitrogens with zero attached hydrogens (tertiary/aromatic N) is 3. The summed E-state index contributed by atoms with van der Waals surface area (Å²) in [6.07, 6.45) is 4.53. The molecule has 1 aliphatic rings. The Labute approximate surface area is 261 Å². The predicted molar refractivity (Wildman–Crippen MR) is 173 cm³/mol. The fourth-order valence-electron chi connectivity index (χ4n) is 5.45. The van der Waals surface area contributed by atoms with Crippen molar-refractivity contribution in [2.75, 3.05) is 23.3 Å². The minimum Gasteiger partial charge on any atom is -0.372 e. The molecule has 0 bridgehead atoms. The number of carbonyl (C=O) groups excluding carboxylic acids is 3. The lowest BCUT2D eigenvalue weighted by Crippen LogP contribution is -2.30. The van der Waals surface area contributed by atoms with Crippen LogP contribution in [0.15, 0.2) is 77.7 Å². The monoisotopic (exact) mass is 608 g/mol. The van der Waals surface area contributed by atoms with Gasteiger partial charge in [-0.1, -0.05) is 39.0 Å². The summed E-state index contributed by atoms with van der Waals surface area (Å²) in [7, 11) is 0. The standard InChI is InChI=1S/C36H37FN4O4/c1-4-23(3)35(44)39-34-36(45)41(31(21-38-34)26-9-8-10-27(19-26)32(42)5-2)22-24-17-28(20-30(18-24)40-15-6-7-16-40)33(43)25-11-13-29(37)14-12-25/h8-14,17-21,23H,4-7,15-16,22H2,1-3H3,(H,38,39,44)/t23-/m1/s1. The Bertz CT molecular complexity index is 1790. The lowest BCUT2D eigenvalue weighted by Gasteiger charge is -2.21. The molecule has 8 nitrogen and oxygen atoms in total. The van der Waals surface area contributed by atoms with E-state index in [9.17, 15) is 23.6 Å². The molecule has 1 aromatic heterocycles. The van der Waals surface area contributed by atoms with Gasteiger partial charge in [0, 0.05) is 53.4 Å². The average molecular weight is 609 g/mol. The lowest BCUT2D eigenvalue weighted by atomic mass is 9.99. The molecule has 1 saturated heterocycles. The zero-order valence-electron chi connectivity index (χ0n) is 25.8. The molecule has 9 heteroatoms. The number of halogens is 1. The van der Waals surface area contributed by atoms with Crippen LogP contribution in [0.3, 0.4) is 0 Å². The Balaban J connectivity index is 1.63.